The van der Waals surface area contributed by atoms with Gasteiger partial charge in [-0.1, -0.05) is 12.1 Å². The van der Waals surface area contributed by atoms with Gasteiger partial charge in [0.2, 0.25) is 0 Å². The van der Waals surface area contributed by atoms with Crippen LogP contribution in [0.25, 0.3) is 22.0 Å². The summed E-state index contributed by atoms with van der Waals surface area (Å²) >= 11 is 0. The number of benzene rings is 1. The van der Waals surface area contributed by atoms with Crippen LogP contribution in [0.1, 0.15) is 11.5 Å². The number of aromatic amines is 1. The highest BCUT2D eigenvalue weighted by Gasteiger charge is 2.18. The van der Waals surface area contributed by atoms with Crippen LogP contribution in [0.15, 0.2) is 59.8 Å². The SMILES string of the molecule is COc1ncc(-c2cc3cc[nH]c(=O)c3c(Nc3ccc(C4CNC4)cc3)n2)cn1. The average Bonchev–Trinajstić information content (AvgIpc) is 2.74. The molecule has 0 radical (unpaired) electrons. The summed E-state index contributed by atoms with van der Waals surface area (Å²) < 4.78 is 5.03. The lowest BCUT2D eigenvalue weighted by molar-refractivity contribution is 0.380. The first-order valence-electron chi connectivity index (χ1n) is 9.68. The van der Waals surface area contributed by atoms with Crippen molar-refractivity contribution in [3.8, 4) is 17.3 Å². The van der Waals surface area contributed by atoms with Gasteiger partial charge in [0.15, 0.2) is 0 Å². The van der Waals surface area contributed by atoms with Crippen molar-refractivity contribution in [2.24, 2.45) is 0 Å². The molecule has 0 amide bonds. The molecule has 150 valence electrons. The smallest absolute Gasteiger partial charge is 0.316 e. The summed E-state index contributed by atoms with van der Waals surface area (Å²) in [5.74, 6) is 1.05. The summed E-state index contributed by atoms with van der Waals surface area (Å²) in [5, 5.41) is 7.88. The first-order valence-corrected chi connectivity index (χ1v) is 9.68. The molecule has 1 aliphatic heterocycles. The van der Waals surface area contributed by atoms with Crippen molar-refractivity contribution in [1.29, 1.82) is 0 Å². The highest BCUT2D eigenvalue weighted by Crippen LogP contribution is 2.28. The number of pyridine rings is 2. The van der Waals surface area contributed by atoms with E-state index in [1.165, 1.54) is 12.7 Å². The molecule has 0 unspecified atom stereocenters. The zero-order chi connectivity index (χ0) is 20.5. The molecule has 8 heteroatoms. The minimum absolute atomic E-state index is 0.197. The number of fused-ring (bicyclic) bond motifs is 1. The average molecular weight is 400 g/mol. The fraction of sp³-hybridized carbons (Fsp3) is 0.182. The molecule has 1 saturated heterocycles. The zero-order valence-electron chi connectivity index (χ0n) is 16.3. The minimum Gasteiger partial charge on any atom is -0.467 e. The van der Waals surface area contributed by atoms with E-state index in [4.69, 9.17) is 9.72 Å². The lowest BCUT2D eigenvalue weighted by Crippen LogP contribution is -2.39. The standard InChI is InChI=1S/C22H20N6O2/c1-30-22-25-11-16(12-26-22)18-8-14-6-7-24-21(29)19(14)20(28-18)27-17-4-2-13(3-5-17)15-9-23-10-15/h2-8,11-12,15,23H,9-10H2,1H3,(H,24,29)(H,27,28). The maximum atomic E-state index is 12.5. The van der Waals surface area contributed by atoms with Crippen LogP contribution in [0.3, 0.4) is 0 Å². The Labute approximate surface area is 172 Å². The van der Waals surface area contributed by atoms with Crippen LogP contribution in [-0.4, -0.2) is 40.1 Å². The van der Waals surface area contributed by atoms with Crippen LogP contribution < -0.4 is 20.9 Å². The number of nitrogens with zero attached hydrogens (tertiary/aromatic N) is 3. The molecule has 1 fully saturated rings. The van der Waals surface area contributed by atoms with Crippen molar-refractivity contribution in [1.82, 2.24) is 25.3 Å². The molecule has 0 aliphatic carbocycles. The number of hydrogen-bond donors (Lipinski definition) is 3. The second-order valence-corrected chi connectivity index (χ2v) is 7.19. The van der Waals surface area contributed by atoms with E-state index in [9.17, 15) is 4.79 Å². The predicted octanol–water partition coefficient (Wildman–Crippen LogP) is 2.82. The number of ether oxygens (including phenoxy) is 1. The molecule has 4 aromatic rings. The summed E-state index contributed by atoms with van der Waals surface area (Å²) in [5.41, 5.74) is 3.37. The third-order valence-corrected chi connectivity index (χ3v) is 5.29. The highest BCUT2D eigenvalue weighted by molar-refractivity contribution is 5.95. The zero-order valence-corrected chi connectivity index (χ0v) is 16.3. The second-order valence-electron chi connectivity index (χ2n) is 7.19. The van der Waals surface area contributed by atoms with Gasteiger partial charge in [-0.05, 0) is 35.2 Å². The summed E-state index contributed by atoms with van der Waals surface area (Å²) in [7, 11) is 1.52. The molecule has 3 aromatic heterocycles. The Morgan fingerprint density at radius 2 is 1.87 bits per heavy atom. The molecular weight excluding hydrogens is 380 g/mol. The Morgan fingerprint density at radius 1 is 1.10 bits per heavy atom. The second kappa shape index (κ2) is 7.57. The third-order valence-electron chi connectivity index (χ3n) is 5.29. The highest BCUT2D eigenvalue weighted by atomic mass is 16.5. The summed E-state index contributed by atoms with van der Waals surface area (Å²) in [4.78, 5) is 28.3. The quantitative estimate of drug-likeness (QED) is 0.473. The maximum Gasteiger partial charge on any atom is 0.316 e. The molecule has 0 atom stereocenters. The van der Waals surface area contributed by atoms with Gasteiger partial charge < -0.3 is 20.4 Å². The number of nitrogens with one attached hydrogen (secondary N) is 3. The van der Waals surface area contributed by atoms with E-state index in [0.717, 1.165) is 29.7 Å². The van der Waals surface area contributed by atoms with Gasteiger partial charge in [0, 0.05) is 48.8 Å². The van der Waals surface area contributed by atoms with Crippen molar-refractivity contribution in [2.75, 3.05) is 25.5 Å². The van der Waals surface area contributed by atoms with Gasteiger partial charge in [-0.15, -0.1) is 0 Å². The molecule has 0 spiro atoms. The number of rotatable bonds is 5. The van der Waals surface area contributed by atoms with Crippen LogP contribution >= 0.6 is 0 Å². The summed E-state index contributed by atoms with van der Waals surface area (Å²) in [6.07, 6.45) is 4.93. The fourth-order valence-electron chi connectivity index (χ4n) is 3.51. The van der Waals surface area contributed by atoms with Crippen molar-refractivity contribution in [2.45, 2.75) is 5.92 Å². The van der Waals surface area contributed by atoms with Gasteiger partial charge in [0.05, 0.1) is 18.2 Å². The predicted molar refractivity (Wildman–Crippen MR) is 115 cm³/mol. The number of aromatic nitrogens is 4. The van der Waals surface area contributed by atoms with Crippen molar-refractivity contribution in [3.63, 3.8) is 0 Å². The van der Waals surface area contributed by atoms with Crippen LogP contribution in [0.5, 0.6) is 6.01 Å². The maximum absolute atomic E-state index is 12.5. The molecule has 8 nitrogen and oxygen atoms in total. The van der Waals surface area contributed by atoms with E-state index in [2.05, 4.69) is 37.7 Å². The fourth-order valence-corrected chi connectivity index (χ4v) is 3.51. The molecular formula is C22H20N6O2. The summed E-state index contributed by atoms with van der Waals surface area (Å²) in [6.45, 7) is 2.03. The van der Waals surface area contributed by atoms with Crippen LogP contribution in [0.2, 0.25) is 0 Å². The summed E-state index contributed by atoms with van der Waals surface area (Å²) in [6, 6.07) is 12.2. The topological polar surface area (TPSA) is 105 Å². The molecule has 5 rings (SSSR count). The third kappa shape index (κ3) is 3.37. The van der Waals surface area contributed by atoms with E-state index in [1.807, 2.05) is 24.3 Å². The first kappa shape index (κ1) is 18.3. The van der Waals surface area contributed by atoms with Crippen molar-refractivity contribution >= 4 is 22.3 Å². The van der Waals surface area contributed by atoms with E-state index < -0.39 is 0 Å². The Hall–Kier alpha value is -3.78. The van der Waals surface area contributed by atoms with Crippen molar-refractivity contribution < 1.29 is 4.74 Å². The van der Waals surface area contributed by atoms with E-state index in [1.54, 1.807) is 18.6 Å². The van der Waals surface area contributed by atoms with Crippen LogP contribution in [-0.2, 0) is 0 Å². The largest absolute Gasteiger partial charge is 0.467 e. The lowest BCUT2D eigenvalue weighted by Gasteiger charge is -2.27. The monoisotopic (exact) mass is 400 g/mol. The van der Waals surface area contributed by atoms with E-state index >= 15 is 0 Å². The Kier molecular flexibility index (Phi) is 4.61. The van der Waals surface area contributed by atoms with Gasteiger partial charge in [0.1, 0.15) is 5.82 Å². The van der Waals surface area contributed by atoms with E-state index in [0.29, 0.717) is 22.8 Å². The molecule has 4 heterocycles. The minimum atomic E-state index is -0.197. The molecule has 1 aliphatic rings. The van der Waals surface area contributed by atoms with Crippen molar-refractivity contribution in [3.05, 3.63) is 70.9 Å². The van der Waals surface area contributed by atoms with Gasteiger partial charge >= 0.3 is 6.01 Å². The normalized spacial score (nSPS) is 13.8. The van der Waals surface area contributed by atoms with Crippen LogP contribution in [0, 0.1) is 0 Å². The van der Waals surface area contributed by atoms with Gasteiger partial charge in [-0.3, -0.25) is 4.79 Å². The Morgan fingerprint density at radius 3 is 2.53 bits per heavy atom. The van der Waals surface area contributed by atoms with Gasteiger partial charge in [0.25, 0.3) is 5.56 Å². The number of hydrogen-bond acceptors (Lipinski definition) is 7. The van der Waals surface area contributed by atoms with Gasteiger partial charge in [-0.25, -0.2) is 15.0 Å². The molecule has 30 heavy (non-hydrogen) atoms. The molecule has 3 N–H and O–H groups in total. The number of H-pyrrole nitrogens is 1. The number of anilines is 2. The van der Waals surface area contributed by atoms with Crippen LogP contribution in [0.4, 0.5) is 11.5 Å². The molecule has 1 aromatic carbocycles. The Bertz CT molecular complexity index is 1250. The van der Waals surface area contributed by atoms with Gasteiger partial charge in [-0.2, -0.15) is 0 Å². The number of methoxy groups -OCH3 is 1. The lowest BCUT2D eigenvalue weighted by atomic mass is 9.94. The molecule has 0 bridgehead atoms. The molecule has 0 saturated carbocycles. The van der Waals surface area contributed by atoms with E-state index in [-0.39, 0.29) is 11.6 Å². The Balaban J connectivity index is 1.55. The first-order chi connectivity index (χ1) is 14.7.